The smallest absolute Gasteiger partial charge is 0.266 e. The Morgan fingerprint density at radius 3 is 2.44 bits per heavy atom. The number of hydrogen-bond donors (Lipinski definition) is 4. The Hall–Kier alpha value is -2.79. The van der Waals surface area contributed by atoms with Crippen LogP contribution in [-0.4, -0.2) is 28.1 Å². The molecule has 2 atom stereocenters. The summed E-state index contributed by atoms with van der Waals surface area (Å²) in [7, 11) is 0. The van der Waals surface area contributed by atoms with Crippen molar-refractivity contribution in [1.82, 2.24) is 10.3 Å². The first-order chi connectivity index (χ1) is 16.6. The zero-order valence-electron chi connectivity index (χ0n) is 19.6. The third kappa shape index (κ3) is 7.36. The number of rotatable bonds is 9. The molecule has 2 aromatic carbocycles. The van der Waals surface area contributed by atoms with Gasteiger partial charge >= 0.3 is 0 Å². The van der Waals surface area contributed by atoms with Gasteiger partial charge in [-0.15, -0.1) is 12.4 Å². The molecule has 0 saturated heterocycles. The fraction of sp³-hybridized carbons (Fsp3) is 0.280. The maximum Gasteiger partial charge on any atom is 0.266 e. The molecular weight excluding hydrogens is 560 g/mol. The molecule has 1 aromatic heterocycles. The Bertz CT molecular complexity index is 1270. The first-order valence-electron chi connectivity index (χ1n) is 10.8. The van der Waals surface area contributed by atoms with Gasteiger partial charge in [0.2, 0.25) is 5.91 Å². The third-order valence-corrected chi connectivity index (χ3v) is 6.23. The Kier molecular flexibility index (Phi) is 10.6. The van der Waals surface area contributed by atoms with Gasteiger partial charge < -0.3 is 25.9 Å². The summed E-state index contributed by atoms with van der Waals surface area (Å²) in [6.07, 6.45) is -0.546. The zero-order valence-corrected chi connectivity index (χ0v) is 22.0. The number of pyridine rings is 1. The molecule has 0 radical (unpaired) electrons. The van der Waals surface area contributed by atoms with E-state index in [0.29, 0.717) is 17.7 Å². The number of aryl methyl sites for hydroxylation is 1. The van der Waals surface area contributed by atoms with Crippen LogP contribution in [0.5, 0.6) is 5.75 Å². The molecule has 3 aromatic rings. The lowest BCUT2D eigenvalue weighted by Crippen LogP contribution is -2.46. The molecule has 0 aliphatic carbocycles. The van der Waals surface area contributed by atoms with E-state index >= 15 is 0 Å². The fourth-order valence-electron chi connectivity index (χ4n) is 3.36. The molecule has 1 heterocycles. The highest BCUT2D eigenvalue weighted by molar-refractivity contribution is 9.10. The van der Waals surface area contributed by atoms with Gasteiger partial charge in [-0.05, 0) is 53.0 Å². The van der Waals surface area contributed by atoms with Crippen molar-refractivity contribution < 1.29 is 23.4 Å². The van der Waals surface area contributed by atoms with Gasteiger partial charge in [0, 0.05) is 35.9 Å². The molecule has 36 heavy (non-hydrogen) atoms. The second-order valence-electron chi connectivity index (χ2n) is 8.20. The molecule has 3 rings (SSSR count). The highest BCUT2D eigenvalue weighted by Crippen LogP contribution is 2.31. The lowest BCUT2D eigenvalue weighted by atomic mass is 10.0. The average molecular weight is 587 g/mol. The topological polar surface area (TPSA) is 117 Å². The third-order valence-electron chi connectivity index (χ3n) is 5.51. The first kappa shape index (κ1) is 29.4. The number of hydrogen-bond acceptors (Lipinski definition) is 5. The van der Waals surface area contributed by atoms with E-state index < -0.39 is 29.7 Å². The molecule has 0 aliphatic heterocycles. The van der Waals surface area contributed by atoms with Gasteiger partial charge in [0.1, 0.15) is 34.5 Å². The molecular formula is C25H27BrClF2N3O4. The van der Waals surface area contributed by atoms with Crippen LogP contribution < -0.4 is 21.3 Å². The van der Waals surface area contributed by atoms with Crippen LogP contribution >= 0.6 is 28.3 Å². The number of carbonyl (C=O) groups is 1. The molecule has 194 valence electrons. The maximum atomic E-state index is 14.0. The standard InChI is InChI=1S/C25H26BrF2N3O4.ClH/c1-13-19(9-15-3-5-16(6-4-15)11-30-25(34)22(29)14(2)32)23(21(26)24(33)31-13)35-12-17-7-8-18(27)10-20(17)28;/h3-8,10,14,22,32H,9,11-12,29H2,1-2H3,(H,30,34)(H,31,33);1H/t14-,22+;/m1./s1. The number of aromatic nitrogens is 1. The molecule has 5 N–H and O–H groups in total. The summed E-state index contributed by atoms with van der Waals surface area (Å²) in [6.45, 7) is 3.25. The summed E-state index contributed by atoms with van der Waals surface area (Å²) >= 11 is 3.26. The fourth-order valence-corrected chi connectivity index (χ4v) is 3.82. The van der Waals surface area contributed by atoms with Gasteiger partial charge in [0.05, 0.1) is 6.10 Å². The number of halogens is 4. The number of nitrogens with one attached hydrogen (secondary N) is 2. The van der Waals surface area contributed by atoms with Crippen LogP contribution in [0, 0.1) is 18.6 Å². The van der Waals surface area contributed by atoms with Gasteiger partial charge in [-0.25, -0.2) is 8.78 Å². The normalized spacial score (nSPS) is 12.4. The summed E-state index contributed by atoms with van der Waals surface area (Å²) in [4.78, 5) is 27.0. The number of aliphatic hydroxyl groups excluding tert-OH is 1. The Morgan fingerprint density at radius 2 is 1.83 bits per heavy atom. The molecule has 1 amide bonds. The van der Waals surface area contributed by atoms with Gasteiger partial charge in [0.25, 0.3) is 5.56 Å². The number of benzene rings is 2. The summed E-state index contributed by atoms with van der Waals surface area (Å²) in [6, 6.07) is 9.64. The molecule has 0 unspecified atom stereocenters. The van der Waals surface area contributed by atoms with Crippen LogP contribution in [0.15, 0.2) is 51.7 Å². The van der Waals surface area contributed by atoms with Crippen LogP contribution in [0.1, 0.15) is 34.9 Å². The van der Waals surface area contributed by atoms with Crippen molar-refractivity contribution in [3.05, 3.63) is 96.9 Å². The van der Waals surface area contributed by atoms with Crippen LogP contribution in [0.25, 0.3) is 0 Å². The zero-order chi connectivity index (χ0) is 25.7. The molecule has 0 fully saturated rings. The number of nitrogens with two attached hydrogens (primary N) is 1. The summed E-state index contributed by atoms with van der Waals surface area (Å²) in [5, 5.41) is 12.1. The minimum Gasteiger partial charge on any atom is -0.487 e. The van der Waals surface area contributed by atoms with E-state index in [1.165, 1.54) is 13.0 Å². The van der Waals surface area contributed by atoms with E-state index in [1.807, 2.05) is 24.3 Å². The summed E-state index contributed by atoms with van der Waals surface area (Å²) < 4.78 is 33.3. The second-order valence-corrected chi connectivity index (χ2v) is 9.00. The number of aromatic amines is 1. The van der Waals surface area contributed by atoms with Crippen molar-refractivity contribution in [1.29, 1.82) is 0 Å². The van der Waals surface area contributed by atoms with Gasteiger partial charge in [-0.1, -0.05) is 24.3 Å². The van der Waals surface area contributed by atoms with E-state index in [-0.39, 0.29) is 46.9 Å². The molecule has 0 bridgehead atoms. The van der Waals surface area contributed by atoms with Gasteiger partial charge in [0.15, 0.2) is 0 Å². The van der Waals surface area contributed by atoms with Gasteiger partial charge in [-0.2, -0.15) is 0 Å². The van der Waals surface area contributed by atoms with E-state index in [4.69, 9.17) is 10.5 Å². The van der Waals surface area contributed by atoms with Crippen molar-refractivity contribution in [2.24, 2.45) is 5.73 Å². The maximum absolute atomic E-state index is 14.0. The Labute approximate surface area is 221 Å². The number of H-pyrrole nitrogens is 1. The number of amides is 1. The molecule has 0 aliphatic rings. The number of aliphatic hydroxyl groups is 1. The number of carbonyl (C=O) groups excluding carboxylic acids is 1. The highest BCUT2D eigenvalue weighted by Gasteiger charge is 2.19. The summed E-state index contributed by atoms with van der Waals surface area (Å²) in [5.41, 5.74) is 8.42. The lowest BCUT2D eigenvalue weighted by Gasteiger charge is -2.16. The van der Waals surface area contributed by atoms with Crippen LogP contribution in [0.2, 0.25) is 0 Å². The van der Waals surface area contributed by atoms with E-state index in [9.17, 15) is 23.5 Å². The predicted molar refractivity (Wildman–Crippen MR) is 138 cm³/mol. The van der Waals surface area contributed by atoms with Crippen LogP contribution in [0.3, 0.4) is 0 Å². The summed E-state index contributed by atoms with van der Waals surface area (Å²) in [5.74, 6) is -1.59. The monoisotopic (exact) mass is 585 g/mol. The van der Waals surface area contributed by atoms with Crippen LogP contribution in [-0.2, 0) is 24.4 Å². The van der Waals surface area contributed by atoms with E-state index in [2.05, 4.69) is 26.2 Å². The first-order valence-corrected chi connectivity index (χ1v) is 11.6. The van der Waals surface area contributed by atoms with Crippen molar-refractivity contribution in [3.8, 4) is 5.75 Å². The van der Waals surface area contributed by atoms with Crippen molar-refractivity contribution in [2.75, 3.05) is 0 Å². The second kappa shape index (κ2) is 13.0. The van der Waals surface area contributed by atoms with E-state index in [1.54, 1.807) is 6.92 Å². The highest BCUT2D eigenvalue weighted by atomic mass is 79.9. The van der Waals surface area contributed by atoms with Gasteiger partial charge in [-0.3, -0.25) is 9.59 Å². The number of ether oxygens (including phenoxy) is 1. The Morgan fingerprint density at radius 1 is 1.19 bits per heavy atom. The molecule has 11 heteroatoms. The largest absolute Gasteiger partial charge is 0.487 e. The van der Waals surface area contributed by atoms with Crippen molar-refractivity contribution in [2.45, 2.75) is 45.6 Å². The Balaban J connectivity index is 0.00000456. The minimum absolute atomic E-state index is 0. The van der Waals surface area contributed by atoms with Crippen molar-refractivity contribution in [3.63, 3.8) is 0 Å². The van der Waals surface area contributed by atoms with E-state index in [0.717, 1.165) is 23.3 Å². The molecule has 0 spiro atoms. The lowest BCUT2D eigenvalue weighted by molar-refractivity contribution is -0.124. The minimum atomic E-state index is -1.00. The average Bonchev–Trinajstić information content (AvgIpc) is 2.82. The van der Waals surface area contributed by atoms with Crippen molar-refractivity contribution >= 4 is 34.2 Å². The predicted octanol–water partition coefficient (Wildman–Crippen LogP) is 3.64. The SMILES string of the molecule is Cc1[nH]c(=O)c(Br)c(OCc2ccc(F)cc2F)c1Cc1ccc(CNC(=O)[C@@H](N)[C@@H](C)O)cc1.Cl. The van der Waals surface area contributed by atoms with Crippen LogP contribution in [0.4, 0.5) is 8.78 Å². The quantitative estimate of drug-likeness (QED) is 0.306. The molecule has 0 saturated carbocycles. The molecule has 7 nitrogen and oxygen atoms in total.